The second kappa shape index (κ2) is 5.64. The van der Waals surface area contributed by atoms with Crippen LogP contribution in [0.5, 0.6) is 0 Å². The SMILES string of the molecule is C=C(CCl)CCCBr. The lowest BCUT2D eigenvalue weighted by atomic mass is 10.2. The molecule has 0 spiro atoms. The highest BCUT2D eigenvalue weighted by atomic mass is 79.9. The van der Waals surface area contributed by atoms with Crippen LogP contribution in [-0.2, 0) is 0 Å². The van der Waals surface area contributed by atoms with E-state index in [0.29, 0.717) is 5.88 Å². The van der Waals surface area contributed by atoms with Crippen LogP contribution in [0.4, 0.5) is 0 Å². The van der Waals surface area contributed by atoms with Gasteiger partial charge >= 0.3 is 0 Å². The standard InChI is InChI=1S/C6H10BrCl/c1-6(5-8)3-2-4-7/h1-5H2. The molecule has 0 unspecified atom stereocenters. The number of rotatable bonds is 4. The average molecular weight is 198 g/mol. The van der Waals surface area contributed by atoms with Gasteiger partial charge < -0.3 is 0 Å². The molecule has 0 N–H and O–H groups in total. The third-order valence-corrected chi connectivity index (χ3v) is 1.79. The van der Waals surface area contributed by atoms with Gasteiger partial charge in [0.15, 0.2) is 0 Å². The molecule has 0 aromatic heterocycles. The van der Waals surface area contributed by atoms with Gasteiger partial charge in [0.05, 0.1) is 0 Å². The lowest BCUT2D eigenvalue weighted by Gasteiger charge is -1.95. The third kappa shape index (κ3) is 4.66. The molecule has 0 heterocycles. The van der Waals surface area contributed by atoms with Crippen molar-refractivity contribution in [1.82, 2.24) is 0 Å². The Balaban J connectivity index is 2.99. The molecule has 0 aromatic carbocycles. The number of alkyl halides is 2. The fourth-order valence-electron chi connectivity index (χ4n) is 0.384. The van der Waals surface area contributed by atoms with E-state index in [4.69, 9.17) is 11.6 Å². The van der Waals surface area contributed by atoms with E-state index in [1.807, 2.05) is 0 Å². The third-order valence-electron chi connectivity index (χ3n) is 0.853. The van der Waals surface area contributed by atoms with Gasteiger partial charge in [0.2, 0.25) is 0 Å². The van der Waals surface area contributed by atoms with Crippen molar-refractivity contribution in [2.24, 2.45) is 0 Å². The summed E-state index contributed by atoms with van der Waals surface area (Å²) in [4.78, 5) is 0. The molecule has 0 aliphatic heterocycles. The largest absolute Gasteiger partial charge is 0.122 e. The molecule has 48 valence electrons. The first-order chi connectivity index (χ1) is 3.81. The minimum atomic E-state index is 0.604. The molecule has 8 heavy (non-hydrogen) atoms. The van der Waals surface area contributed by atoms with Gasteiger partial charge in [-0.1, -0.05) is 28.1 Å². The summed E-state index contributed by atoms with van der Waals surface area (Å²) in [6.45, 7) is 3.76. The summed E-state index contributed by atoms with van der Waals surface area (Å²) in [7, 11) is 0. The van der Waals surface area contributed by atoms with Crippen molar-refractivity contribution in [2.45, 2.75) is 12.8 Å². The van der Waals surface area contributed by atoms with Crippen LogP contribution < -0.4 is 0 Å². The molecule has 0 amide bonds. The van der Waals surface area contributed by atoms with Gasteiger partial charge in [-0.25, -0.2) is 0 Å². The summed E-state index contributed by atoms with van der Waals surface area (Å²) >= 11 is 8.80. The molecule has 0 atom stereocenters. The van der Waals surface area contributed by atoms with Crippen LogP contribution >= 0.6 is 27.5 Å². The molecule has 0 saturated carbocycles. The molecule has 0 radical (unpaired) electrons. The molecule has 0 aliphatic carbocycles. The van der Waals surface area contributed by atoms with Crippen molar-refractivity contribution in [1.29, 1.82) is 0 Å². The topological polar surface area (TPSA) is 0 Å². The van der Waals surface area contributed by atoms with Crippen LogP contribution in [-0.4, -0.2) is 11.2 Å². The lowest BCUT2D eigenvalue weighted by Crippen LogP contribution is -1.82. The van der Waals surface area contributed by atoms with E-state index in [1.54, 1.807) is 0 Å². The highest BCUT2D eigenvalue weighted by molar-refractivity contribution is 9.09. The van der Waals surface area contributed by atoms with E-state index in [1.165, 1.54) is 0 Å². The van der Waals surface area contributed by atoms with E-state index >= 15 is 0 Å². The predicted molar refractivity (Wildman–Crippen MR) is 42.9 cm³/mol. The summed E-state index contributed by atoms with van der Waals surface area (Å²) in [6, 6.07) is 0. The maximum Gasteiger partial charge on any atom is 0.0430 e. The molecule has 0 rings (SSSR count). The van der Waals surface area contributed by atoms with E-state index in [9.17, 15) is 0 Å². The quantitative estimate of drug-likeness (QED) is 0.480. The summed E-state index contributed by atoms with van der Waals surface area (Å²) < 4.78 is 0. The van der Waals surface area contributed by atoms with Crippen LogP contribution in [0.2, 0.25) is 0 Å². The Kier molecular flexibility index (Phi) is 6.00. The van der Waals surface area contributed by atoms with Crippen molar-refractivity contribution >= 4 is 27.5 Å². The molecule has 0 bridgehead atoms. The number of hydrogen-bond donors (Lipinski definition) is 0. The zero-order chi connectivity index (χ0) is 6.41. The highest BCUT2D eigenvalue weighted by Gasteiger charge is 1.88. The molecule has 0 aromatic rings. The fourth-order valence-corrected chi connectivity index (χ4v) is 0.798. The van der Waals surface area contributed by atoms with Gasteiger partial charge in [0, 0.05) is 11.2 Å². The van der Waals surface area contributed by atoms with E-state index < -0.39 is 0 Å². The van der Waals surface area contributed by atoms with Crippen LogP contribution in [0.3, 0.4) is 0 Å². The first kappa shape index (κ1) is 8.51. The Morgan fingerprint density at radius 2 is 2.25 bits per heavy atom. The monoisotopic (exact) mass is 196 g/mol. The van der Waals surface area contributed by atoms with Gasteiger partial charge in [-0.05, 0) is 12.8 Å². The molecular formula is C6H10BrCl. The number of allylic oxidation sites excluding steroid dienone is 1. The van der Waals surface area contributed by atoms with E-state index in [-0.39, 0.29) is 0 Å². The second-order valence-corrected chi connectivity index (χ2v) is 2.74. The van der Waals surface area contributed by atoms with Gasteiger partial charge in [0.1, 0.15) is 0 Å². The summed E-state index contributed by atoms with van der Waals surface area (Å²) in [5, 5.41) is 1.04. The number of halogens is 2. The molecule has 0 aliphatic rings. The number of hydrogen-bond acceptors (Lipinski definition) is 0. The summed E-state index contributed by atoms with van der Waals surface area (Å²) in [5.41, 5.74) is 1.13. The maximum atomic E-state index is 5.47. The molecular weight excluding hydrogens is 187 g/mol. The lowest BCUT2D eigenvalue weighted by molar-refractivity contribution is 0.928. The van der Waals surface area contributed by atoms with Crippen molar-refractivity contribution < 1.29 is 0 Å². The average Bonchev–Trinajstić information content (AvgIpc) is 1.83. The van der Waals surface area contributed by atoms with Gasteiger partial charge in [-0.2, -0.15) is 0 Å². The second-order valence-electron chi connectivity index (χ2n) is 1.68. The Labute approximate surface area is 64.0 Å². The fraction of sp³-hybridized carbons (Fsp3) is 0.667. The van der Waals surface area contributed by atoms with Crippen molar-refractivity contribution in [3.63, 3.8) is 0 Å². The van der Waals surface area contributed by atoms with Crippen LogP contribution in [0, 0.1) is 0 Å². The normalized spacial score (nSPS) is 9.25. The van der Waals surface area contributed by atoms with Gasteiger partial charge in [-0.3, -0.25) is 0 Å². The molecule has 2 heteroatoms. The van der Waals surface area contributed by atoms with Crippen molar-refractivity contribution in [3.05, 3.63) is 12.2 Å². The van der Waals surface area contributed by atoms with Crippen molar-refractivity contribution in [3.8, 4) is 0 Å². The smallest absolute Gasteiger partial charge is 0.0430 e. The molecule has 0 nitrogen and oxygen atoms in total. The van der Waals surface area contributed by atoms with Crippen LogP contribution in [0.15, 0.2) is 12.2 Å². The van der Waals surface area contributed by atoms with E-state index in [2.05, 4.69) is 22.5 Å². The Morgan fingerprint density at radius 1 is 1.62 bits per heavy atom. The first-order valence-corrected chi connectivity index (χ1v) is 4.25. The van der Waals surface area contributed by atoms with Gasteiger partial charge in [0.25, 0.3) is 0 Å². The van der Waals surface area contributed by atoms with Gasteiger partial charge in [-0.15, -0.1) is 11.6 Å². The molecule has 0 fully saturated rings. The predicted octanol–water partition coefficient (Wildman–Crippen LogP) is 2.96. The minimum Gasteiger partial charge on any atom is -0.122 e. The first-order valence-electron chi connectivity index (χ1n) is 2.60. The Morgan fingerprint density at radius 3 is 2.62 bits per heavy atom. The zero-order valence-corrected chi connectivity index (χ0v) is 7.13. The van der Waals surface area contributed by atoms with Crippen LogP contribution in [0.1, 0.15) is 12.8 Å². The van der Waals surface area contributed by atoms with E-state index in [0.717, 1.165) is 23.7 Å². The Bertz CT molecular complexity index is 70.9. The van der Waals surface area contributed by atoms with Crippen molar-refractivity contribution in [2.75, 3.05) is 11.2 Å². The zero-order valence-electron chi connectivity index (χ0n) is 4.79. The van der Waals surface area contributed by atoms with Crippen LogP contribution in [0.25, 0.3) is 0 Å². The minimum absolute atomic E-state index is 0.604. The highest BCUT2D eigenvalue weighted by Crippen LogP contribution is 2.04. The molecule has 0 saturated heterocycles. The summed E-state index contributed by atoms with van der Waals surface area (Å²) in [6.07, 6.45) is 2.19. The maximum absolute atomic E-state index is 5.47. The Hall–Kier alpha value is 0.510. The summed E-state index contributed by atoms with van der Waals surface area (Å²) in [5.74, 6) is 0.604.